The molecule has 3 N–H and O–H groups in total. The number of benzene rings is 1. The predicted molar refractivity (Wildman–Crippen MR) is 81.1 cm³/mol. The number of nitrogen functional groups attached to an aromatic ring is 1. The fourth-order valence-corrected chi connectivity index (χ4v) is 3.98. The van der Waals surface area contributed by atoms with E-state index in [-0.39, 0.29) is 0 Å². The van der Waals surface area contributed by atoms with Crippen molar-refractivity contribution in [2.75, 3.05) is 5.73 Å². The summed E-state index contributed by atoms with van der Waals surface area (Å²) in [6.45, 7) is 2.34. The van der Waals surface area contributed by atoms with Gasteiger partial charge in [0.2, 0.25) is 0 Å². The lowest BCUT2D eigenvalue weighted by Crippen LogP contribution is -2.39. The summed E-state index contributed by atoms with van der Waals surface area (Å²) < 4.78 is 0. The highest BCUT2D eigenvalue weighted by Crippen LogP contribution is 2.35. The van der Waals surface area contributed by atoms with Crippen LogP contribution < -0.4 is 11.1 Å². The molecule has 0 radical (unpaired) electrons. The molecule has 19 heavy (non-hydrogen) atoms. The molecule has 1 aromatic carbocycles. The van der Waals surface area contributed by atoms with Crippen LogP contribution in [0.15, 0.2) is 18.2 Å². The number of rotatable bonds is 3. The summed E-state index contributed by atoms with van der Waals surface area (Å²) in [5, 5.41) is 3.95. The van der Waals surface area contributed by atoms with Crippen LogP contribution >= 0.6 is 0 Å². The SMILES string of the molecule is CCC1CCCCC1NC1CCc2cc(N)ccc21. The first-order chi connectivity index (χ1) is 9.28. The van der Waals surface area contributed by atoms with Crippen LogP contribution in [0.25, 0.3) is 0 Å². The van der Waals surface area contributed by atoms with Crippen LogP contribution in [0, 0.1) is 5.92 Å². The van der Waals surface area contributed by atoms with Crippen LogP contribution in [-0.4, -0.2) is 6.04 Å². The Kier molecular flexibility index (Phi) is 3.79. The number of fused-ring (bicyclic) bond motifs is 1. The van der Waals surface area contributed by atoms with Gasteiger partial charge in [-0.25, -0.2) is 0 Å². The molecule has 3 rings (SSSR count). The minimum Gasteiger partial charge on any atom is -0.399 e. The van der Waals surface area contributed by atoms with Crippen molar-refractivity contribution in [2.45, 2.75) is 64.0 Å². The average Bonchev–Trinajstić information content (AvgIpc) is 2.82. The lowest BCUT2D eigenvalue weighted by atomic mass is 9.82. The first kappa shape index (κ1) is 13.0. The Bertz CT molecular complexity index is 441. The molecule has 0 spiro atoms. The van der Waals surface area contributed by atoms with Gasteiger partial charge in [-0.15, -0.1) is 0 Å². The maximum absolute atomic E-state index is 5.88. The molecular weight excluding hydrogens is 232 g/mol. The topological polar surface area (TPSA) is 38.0 Å². The molecule has 0 aromatic heterocycles. The third kappa shape index (κ3) is 2.64. The van der Waals surface area contributed by atoms with Gasteiger partial charge in [-0.05, 0) is 54.9 Å². The molecular formula is C17H26N2. The highest BCUT2D eigenvalue weighted by Gasteiger charge is 2.29. The first-order valence-corrected chi connectivity index (χ1v) is 7.92. The third-order valence-corrected chi connectivity index (χ3v) is 5.09. The van der Waals surface area contributed by atoms with E-state index in [4.69, 9.17) is 5.73 Å². The zero-order valence-corrected chi connectivity index (χ0v) is 12.0. The quantitative estimate of drug-likeness (QED) is 0.809. The maximum atomic E-state index is 5.88. The largest absolute Gasteiger partial charge is 0.399 e. The lowest BCUT2D eigenvalue weighted by molar-refractivity contribution is 0.236. The molecule has 0 amide bonds. The van der Waals surface area contributed by atoms with Crippen LogP contribution in [0.2, 0.25) is 0 Å². The van der Waals surface area contributed by atoms with E-state index in [0.717, 1.165) is 17.6 Å². The molecule has 2 nitrogen and oxygen atoms in total. The maximum Gasteiger partial charge on any atom is 0.0328 e. The van der Waals surface area contributed by atoms with Gasteiger partial charge in [0.25, 0.3) is 0 Å². The third-order valence-electron chi connectivity index (χ3n) is 5.09. The minimum absolute atomic E-state index is 0.563. The summed E-state index contributed by atoms with van der Waals surface area (Å²) in [7, 11) is 0. The van der Waals surface area contributed by atoms with Crippen LogP contribution in [-0.2, 0) is 6.42 Å². The summed E-state index contributed by atoms with van der Waals surface area (Å²) >= 11 is 0. The van der Waals surface area contributed by atoms with Crippen molar-refractivity contribution < 1.29 is 0 Å². The second-order valence-electron chi connectivity index (χ2n) is 6.28. The van der Waals surface area contributed by atoms with Crippen LogP contribution in [0.5, 0.6) is 0 Å². The Morgan fingerprint density at radius 1 is 1.21 bits per heavy atom. The summed E-state index contributed by atoms with van der Waals surface area (Å²) in [4.78, 5) is 0. The molecule has 1 fully saturated rings. The van der Waals surface area contributed by atoms with E-state index < -0.39 is 0 Å². The predicted octanol–water partition coefficient (Wildman–Crippen LogP) is 3.81. The molecule has 0 bridgehead atoms. The Morgan fingerprint density at radius 2 is 2.05 bits per heavy atom. The summed E-state index contributed by atoms with van der Waals surface area (Å²) in [5.74, 6) is 0.881. The van der Waals surface area contributed by atoms with Gasteiger partial charge >= 0.3 is 0 Å². The molecule has 0 aliphatic heterocycles. The van der Waals surface area contributed by atoms with Gasteiger partial charge in [-0.3, -0.25) is 0 Å². The molecule has 0 heterocycles. The fourth-order valence-electron chi connectivity index (χ4n) is 3.98. The van der Waals surface area contributed by atoms with Crippen molar-refractivity contribution in [3.63, 3.8) is 0 Å². The number of nitrogens with two attached hydrogens (primary N) is 1. The van der Waals surface area contributed by atoms with Gasteiger partial charge in [0, 0.05) is 17.8 Å². The normalized spacial score (nSPS) is 30.3. The van der Waals surface area contributed by atoms with E-state index in [1.165, 1.54) is 56.1 Å². The van der Waals surface area contributed by atoms with Gasteiger partial charge in [-0.1, -0.05) is 32.3 Å². The molecule has 3 unspecified atom stereocenters. The van der Waals surface area contributed by atoms with E-state index in [0.29, 0.717) is 6.04 Å². The average molecular weight is 258 g/mol. The van der Waals surface area contributed by atoms with Crippen LogP contribution in [0.4, 0.5) is 5.69 Å². The van der Waals surface area contributed by atoms with E-state index in [2.05, 4.69) is 30.4 Å². The van der Waals surface area contributed by atoms with Gasteiger partial charge < -0.3 is 11.1 Å². The zero-order chi connectivity index (χ0) is 13.2. The molecule has 2 heteroatoms. The number of aryl methyl sites for hydroxylation is 1. The number of hydrogen-bond donors (Lipinski definition) is 2. The highest BCUT2D eigenvalue weighted by atomic mass is 15.0. The van der Waals surface area contributed by atoms with Crippen molar-refractivity contribution in [3.05, 3.63) is 29.3 Å². The number of anilines is 1. The minimum atomic E-state index is 0.563. The Labute approximate surface area is 116 Å². The van der Waals surface area contributed by atoms with Gasteiger partial charge in [0.15, 0.2) is 0 Å². The van der Waals surface area contributed by atoms with Crippen molar-refractivity contribution in [3.8, 4) is 0 Å². The Balaban J connectivity index is 1.71. The lowest BCUT2D eigenvalue weighted by Gasteiger charge is -2.34. The first-order valence-electron chi connectivity index (χ1n) is 7.92. The van der Waals surface area contributed by atoms with E-state index in [9.17, 15) is 0 Å². The van der Waals surface area contributed by atoms with Gasteiger partial charge in [0.05, 0.1) is 0 Å². The monoisotopic (exact) mass is 258 g/mol. The highest BCUT2D eigenvalue weighted by molar-refractivity contribution is 5.47. The van der Waals surface area contributed by atoms with E-state index in [1.807, 2.05) is 0 Å². The summed E-state index contributed by atoms with van der Waals surface area (Å²) in [5.41, 5.74) is 9.74. The van der Waals surface area contributed by atoms with Crippen molar-refractivity contribution in [2.24, 2.45) is 5.92 Å². The Hall–Kier alpha value is -1.02. The van der Waals surface area contributed by atoms with Gasteiger partial charge in [0.1, 0.15) is 0 Å². The van der Waals surface area contributed by atoms with Crippen LogP contribution in [0.1, 0.15) is 62.6 Å². The van der Waals surface area contributed by atoms with E-state index in [1.54, 1.807) is 0 Å². The van der Waals surface area contributed by atoms with Crippen LogP contribution in [0.3, 0.4) is 0 Å². The second-order valence-corrected chi connectivity index (χ2v) is 6.28. The fraction of sp³-hybridized carbons (Fsp3) is 0.647. The van der Waals surface area contributed by atoms with Gasteiger partial charge in [-0.2, -0.15) is 0 Å². The zero-order valence-electron chi connectivity index (χ0n) is 12.0. The molecule has 0 saturated heterocycles. The summed E-state index contributed by atoms with van der Waals surface area (Å²) in [6.07, 6.45) is 9.34. The Morgan fingerprint density at radius 3 is 2.89 bits per heavy atom. The standard InChI is InChI=1S/C17H26N2/c1-2-12-5-3-4-6-16(12)19-17-10-7-13-11-14(18)8-9-15(13)17/h8-9,11-12,16-17,19H,2-7,10,18H2,1H3. The van der Waals surface area contributed by atoms with Crippen molar-refractivity contribution in [1.82, 2.24) is 5.32 Å². The molecule has 2 aliphatic carbocycles. The molecule has 2 aliphatic rings. The van der Waals surface area contributed by atoms with Crippen molar-refractivity contribution in [1.29, 1.82) is 0 Å². The molecule has 1 aromatic rings. The van der Waals surface area contributed by atoms with Crippen molar-refractivity contribution >= 4 is 5.69 Å². The smallest absolute Gasteiger partial charge is 0.0328 e. The number of hydrogen-bond acceptors (Lipinski definition) is 2. The second kappa shape index (κ2) is 5.54. The molecule has 104 valence electrons. The summed E-state index contributed by atoms with van der Waals surface area (Å²) in [6, 6.07) is 7.74. The number of nitrogens with one attached hydrogen (secondary N) is 1. The molecule has 3 atom stereocenters. The van der Waals surface area contributed by atoms with E-state index >= 15 is 0 Å². The molecule has 1 saturated carbocycles.